The highest BCUT2D eigenvalue weighted by molar-refractivity contribution is 7.92. The van der Waals surface area contributed by atoms with Gasteiger partial charge in [0.05, 0.1) is 20.6 Å². The van der Waals surface area contributed by atoms with E-state index >= 15 is 0 Å². The molecule has 0 spiro atoms. The molecule has 0 radical (unpaired) electrons. The highest BCUT2D eigenvalue weighted by Crippen LogP contribution is 2.27. The first-order chi connectivity index (χ1) is 14.8. The van der Waals surface area contributed by atoms with Gasteiger partial charge in [0.2, 0.25) is 0 Å². The summed E-state index contributed by atoms with van der Waals surface area (Å²) in [7, 11) is -3.82. The Morgan fingerprint density at radius 3 is 2.16 bits per heavy atom. The van der Waals surface area contributed by atoms with Crippen molar-refractivity contribution in [3.8, 4) is 5.75 Å². The van der Waals surface area contributed by atoms with Crippen LogP contribution in [0, 0.1) is 0 Å². The van der Waals surface area contributed by atoms with E-state index in [4.69, 9.17) is 27.9 Å². The number of amides is 1. The van der Waals surface area contributed by atoms with Crippen LogP contribution in [0.15, 0.2) is 71.6 Å². The third-order valence-electron chi connectivity index (χ3n) is 4.32. The molecule has 0 bridgehead atoms. The fourth-order valence-corrected chi connectivity index (χ4v) is 4.01. The lowest BCUT2D eigenvalue weighted by Crippen LogP contribution is -2.20. The van der Waals surface area contributed by atoms with Crippen LogP contribution >= 0.6 is 23.2 Å². The molecule has 0 aromatic heterocycles. The van der Waals surface area contributed by atoms with Gasteiger partial charge in [-0.2, -0.15) is 0 Å². The lowest BCUT2D eigenvalue weighted by Gasteiger charge is -2.11. The number of nitrogens with one attached hydrogen (secondary N) is 2. The minimum Gasteiger partial charge on any atom is -0.484 e. The number of sulfonamides is 1. The Hall–Kier alpha value is -2.74. The molecule has 3 aromatic carbocycles. The van der Waals surface area contributed by atoms with Crippen molar-refractivity contribution in [2.75, 3.05) is 16.6 Å². The summed E-state index contributed by atoms with van der Waals surface area (Å²) in [5.41, 5.74) is 2.15. The molecule has 6 nitrogen and oxygen atoms in total. The van der Waals surface area contributed by atoms with Gasteiger partial charge in [-0.1, -0.05) is 42.3 Å². The molecule has 0 atom stereocenters. The zero-order chi connectivity index (χ0) is 22.4. The van der Waals surface area contributed by atoms with E-state index < -0.39 is 10.0 Å². The number of aryl methyl sites for hydroxylation is 1. The molecular formula is C22H20Cl2N2O4S. The first-order valence-corrected chi connectivity index (χ1v) is 11.6. The normalized spacial score (nSPS) is 11.1. The van der Waals surface area contributed by atoms with Gasteiger partial charge in [0.1, 0.15) is 5.75 Å². The first-order valence-electron chi connectivity index (χ1n) is 9.36. The van der Waals surface area contributed by atoms with Gasteiger partial charge in [0.15, 0.2) is 6.61 Å². The Labute approximate surface area is 191 Å². The van der Waals surface area contributed by atoms with E-state index in [1.807, 2.05) is 24.3 Å². The fourth-order valence-electron chi connectivity index (χ4n) is 2.66. The Bertz CT molecular complexity index is 1170. The molecule has 0 aliphatic rings. The Morgan fingerprint density at radius 2 is 1.55 bits per heavy atom. The molecule has 0 fully saturated rings. The SMILES string of the molecule is CCc1ccc(NC(=O)COc2ccc(S(=O)(=O)Nc3ccc(Cl)c(Cl)c3)cc2)cc1. The average molecular weight is 479 g/mol. The highest BCUT2D eigenvalue weighted by Gasteiger charge is 2.15. The number of carbonyl (C=O) groups is 1. The minimum atomic E-state index is -3.82. The monoisotopic (exact) mass is 478 g/mol. The second-order valence-electron chi connectivity index (χ2n) is 6.59. The highest BCUT2D eigenvalue weighted by atomic mass is 35.5. The van der Waals surface area contributed by atoms with Crippen LogP contribution in [0.1, 0.15) is 12.5 Å². The molecule has 0 saturated heterocycles. The number of hydrogen-bond donors (Lipinski definition) is 2. The maximum Gasteiger partial charge on any atom is 0.262 e. The van der Waals surface area contributed by atoms with Gasteiger partial charge < -0.3 is 10.1 Å². The number of hydrogen-bond acceptors (Lipinski definition) is 4. The van der Waals surface area contributed by atoms with Gasteiger partial charge in [0.25, 0.3) is 15.9 Å². The summed E-state index contributed by atoms with van der Waals surface area (Å²) < 4.78 is 32.9. The van der Waals surface area contributed by atoms with Crippen LogP contribution in [0.4, 0.5) is 11.4 Å². The van der Waals surface area contributed by atoms with E-state index in [0.29, 0.717) is 22.1 Å². The van der Waals surface area contributed by atoms with Gasteiger partial charge in [0, 0.05) is 5.69 Å². The van der Waals surface area contributed by atoms with Crippen molar-refractivity contribution >= 4 is 50.5 Å². The third kappa shape index (κ3) is 6.37. The second-order valence-corrected chi connectivity index (χ2v) is 9.09. The Morgan fingerprint density at radius 1 is 0.903 bits per heavy atom. The van der Waals surface area contributed by atoms with Gasteiger partial charge in [-0.15, -0.1) is 0 Å². The molecule has 31 heavy (non-hydrogen) atoms. The van der Waals surface area contributed by atoms with Crippen LogP contribution in [0.3, 0.4) is 0 Å². The number of benzene rings is 3. The van der Waals surface area contributed by atoms with Gasteiger partial charge in [-0.25, -0.2) is 8.42 Å². The number of rotatable bonds is 8. The predicted molar refractivity (Wildman–Crippen MR) is 124 cm³/mol. The van der Waals surface area contributed by atoms with Crippen molar-refractivity contribution in [1.82, 2.24) is 0 Å². The molecule has 0 saturated carbocycles. The minimum absolute atomic E-state index is 0.0337. The number of carbonyl (C=O) groups excluding carboxylic acids is 1. The number of halogens is 2. The summed E-state index contributed by atoms with van der Waals surface area (Å²) >= 11 is 11.8. The third-order valence-corrected chi connectivity index (χ3v) is 6.46. The van der Waals surface area contributed by atoms with Crippen LogP contribution in [0.5, 0.6) is 5.75 Å². The lowest BCUT2D eigenvalue weighted by atomic mass is 10.1. The zero-order valence-corrected chi connectivity index (χ0v) is 18.9. The summed E-state index contributed by atoms with van der Waals surface area (Å²) in [5.74, 6) is 0.0483. The zero-order valence-electron chi connectivity index (χ0n) is 16.6. The smallest absolute Gasteiger partial charge is 0.262 e. The second kappa shape index (κ2) is 10.0. The summed E-state index contributed by atoms with van der Waals surface area (Å²) in [4.78, 5) is 12.1. The molecule has 0 aliphatic carbocycles. The molecular weight excluding hydrogens is 459 g/mol. The Balaban J connectivity index is 1.57. The molecule has 1 amide bonds. The van der Waals surface area contributed by atoms with E-state index in [-0.39, 0.29) is 22.4 Å². The molecule has 3 rings (SSSR count). The van der Waals surface area contributed by atoms with Crippen molar-refractivity contribution in [3.05, 3.63) is 82.3 Å². The van der Waals surface area contributed by atoms with Crippen molar-refractivity contribution in [3.63, 3.8) is 0 Å². The largest absolute Gasteiger partial charge is 0.484 e. The van der Waals surface area contributed by atoms with Crippen LogP contribution in [-0.2, 0) is 21.2 Å². The number of ether oxygens (including phenoxy) is 1. The van der Waals surface area contributed by atoms with E-state index in [1.54, 1.807) is 0 Å². The lowest BCUT2D eigenvalue weighted by molar-refractivity contribution is -0.118. The average Bonchev–Trinajstić information content (AvgIpc) is 2.75. The maximum atomic E-state index is 12.5. The molecule has 2 N–H and O–H groups in total. The fraction of sp³-hybridized carbons (Fsp3) is 0.136. The van der Waals surface area contributed by atoms with Gasteiger partial charge in [-0.3, -0.25) is 9.52 Å². The number of anilines is 2. The summed E-state index contributed by atoms with van der Waals surface area (Å²) in [5, 5.41) is 3.31. The van der Waals surface area contributed by atoms with Crippen molar-refractivity contribution in [2.45, 2.75) is 18.2 Å². The van der Waals surface area contributed by atoms with Crippen LogP contribution in [0.25, 0.3) is 0 Å². The summed E-state index contributed by atoms with van der Waals surface area (Å²) in [6, 6.07) is 17.7. The van der Waals surface area contributed by atoms with Crippen LogP contribution in [0.2, 0.25) is 10.0 Å². The van der Waals surface area contributed by atoms with Crippen molar-refractivity contribution in [1.29, 1.82) is 0 Å². The topological polar surface area (TPSA) is 84.5 Å². The van der Waals surface area contributed by atoms with Crippen molar-refractivity contribution < 1.29 is 17.9 Å². The molecule has 9 heteroatoms. The van der Waals surface area contributed by atoms with E-state index in [0.717, 1.165) is 6.42 Å². The predicted octanol–water partition coefficient (Wildman–Crippen LogP) is 5.37. The molecule has 0 unspecified atom stereocenters. The van der Waals surface area contributed by atoms with Crippen LogP contribution in [-0.4, -0.2) is 20.9 Å². The van der Waals surface area contributed by atoms with Gasteiger partial charge >= 0.3 is 0 Å². The molecule has 162 valence electrons. The first kappa shape index (κ1) is 22.9. The van der Waals surface area contributed by atoms with E-state index in [9.17, 15) is 13.2 Å². The van der Waals surface area contributed by atoms with Crippen LogP contribution < -0.4 is 14.8 Å². The maximum absolute atomic E-state index is 12.5. The van der Waals surface area contributed by atoms with Crippen molar-refractivity contribution in [2.24, 2.45) is 0 Å². The Kier molecular flexibility index (Phi) is 7.43. The summed E-state index contributed by atoms with van der Waals surface area (Å²) in [6.45, 7) is 1.85. The van der Waals surface area contributed by atoms with E-state index in [1.165, 1.54) is 48.0 Å². The molecule has 3 aromatic rings. The van der Waals surface area contributed by atoms with Gasteiger partial charge in [-0.05, 0) is 66.6 Å². The van der Waals surface area contributed by atoms with E-state index in [2.05, 4.69) is 17.0 Å². The summed E-state index contributed by atoms with van der Waals surface area (Å²) in [6.07, 6.45) is 0.923. The quantitative estimate of drug-likeness (QED) is 0.455. The molecule has 0 heterocycles. The standard InChI is InChI=1S/C22H20Cl2N2O4S/c1-2-15-3-5-16(6-4-15)25-22(27)14-30-18-8-10-19(11-9-18)31(28,29)26-17-7-12-20(23)21(24)13-17/h3-13,26H,2,14H2,1H3,(H,25,27). The molecule has 0 aliphatic heterocycles.